The Hall–Kier alpha value is -4.74. The van der Waals surface area contributed by atoms with Gasteiger partial charge in [0.05, 0.1) is 18.7 Å². The van der Waals surface area contributed by atoms with Crippen LogP contribution in [-0.4, -0.2) is 57.7 Å². The number of hydrogen-bond donors (Lipinski definition) is 5. The summed E-state index contributed by atoms with van der Waals surface area (Å²) >= 11 is 0. The number of nitrogens with zero attached hydrogens (tertiary/aromatic N) is 2. The zero-order valence-corrected chi connectivity index (χ0v) is 19.7. The van der Waals surface area contributed by atoms with Crippen LogP contribution in [0.2, 0.25) is 0 Å². The number of hydrazone groups is 1. The van der Waals surface area contributed by atoms with Crippen molar-refractivity contribution in [3.63, 3.8) is 0 Å². The molecule has 1 fully saturated rings. The molecule has 1 aliphatic heterocycles. The first-order chi connectivity index (χ1) is 17.0. The molecule has 3 rings (SSSR count). The van der Waals surface area contributed by atoms with Crippen molar-refractivity contribution in [1.82, 2.24) is 15.5 Å². The second-order valence-electron chi connectivity index (χ2n) is 7.99. The van der Waals surface area contributed by atoms with Gasteiger partial charge in [0.25, 0.3) is 11.9 Å². The van der Waals surface area contributed by atoms with Crippen LogP contribution in [-0.2, 0) is 24.7 Å². The van der Waals surface area contributed by atoms with Crippen LogP contribution >= 0.6 is 0 Å². The summed E-state index contributed by atoms with van der Waals surface area (Å²) < 4.78 is 0. The summed E-state index contributed by atoms with van der Waals surface area (Å²) in [6.45, 7) is 2.09. The van der Waals surface area contributed by atoms with E-state index in [1.165, 1.54) is 6.21 Å². The Balaban J connectivity index is 0.00000106. The standard InChI is InChI=1S/C22H23N5O5.C2H4O2/c1-22(16-9-7-14(8-10-16)12-24-23)20(31)27(21(32)26-22)13-18(28)25-17(11-19(29)30)15-5-3-2-4-6-15;1-2(3)4/h2-10,12,17H,11,13,23H2,1H3,(H,25,28)(H,26,32)(H,29,30);1H3,(H,3,4)/t17-,22-;/m0./s1. The van der Waals surface area contributed by atoms with Gasteiger partial charge in [-0.3, -0.25) is 24.1 Å². The molecule has 0 spiro atoms. The van der Waals surface area contributed by atoms with Crippen molar-refractivity contribution in [3.8, 4) is 0 Å². The van der Waals surface area contributed by atoms with Crippen LogP contribution in [0.1, 0.15) is 43.0 Å². The number of nitrogens with two attached hydrogens (primary N) is 1. The van der Waals surface area contributed by atoms with Crippen LogP contribution in [0, 0.1) is 0 Å². The number of carbonyl (C=O) groups is 5. The van der Waals surface area contributed by atoms with Crippen LogP contribution in [0.4, 0.5) is 4.79 Å². The third-order valence-electron chi connectivity index (χ3n) is 5.20. The van der Waals surface area contributed by atoms with Crippen molar-refractivity contribution in [2.45, 2.75) is 31.8 Å². The molecule has 0 aromatic heterocycles. The molecule has 36 heavy (non-hydrogen) atoms. The second-order valence-corrected chi connectivity index (χ2v) is 7.99. The average Bonchev–Trinajstić information content (AvgIpc) is 3.03. The largest absolute Gasteiger partial charge is 0.481 e. The first-order valence-corrected chi connectivity index (χ1v) is 10.7. The fourth-order valence-electron chi connectivity index (χ4n) is 3.52. The molecular weight excluding hydrogens is 470 g/mol. The number of urea groups is 1. The Kier molecular flexibility index (Phi) is 9.25. The summed E-state index contributed by atoms with van der Waals surface area (Å²) in [5.41, 5.74) is 0.501. The minimum Gasteiger partial charge on any atom is -0.481 e. The summed E-state index contributed by atoms with van der Waals surface area (Å²) in [5.74, 6) is 1.96. The average molecular weight is 498 g/mol. The molecular formula is C24H27N5O7. The molecule has 2 aromatic rings. The van der Waals surface area contributed by atoms with E-state index >= 15 is 0 Å². The van der Waals surface area contributed by atoms with Crippen molar-refractivity contribution in [1.29, 1.82) is 0 Å². The van der Waals surface area contributed by atoms with Gasteiger partial charge in [-0.15, -0.1) is 0 Å². The first-order valence-electron chi connectivity index (χ1n) is 10.7. The molecule has 12 heteroatoms. The molecule has 1 saturated heterocycles. The van der Waals surface area contributed by atoms with E-state index in [-0.39, 0.29) is 6.42 Å². The smallest absolute Gasteiger partial charge is 0.325 e. The molecule has 0 radical (unpaired) electrons. The van der Waals surface area contributed by atoms with E-state index in [4.69, 9.17) is 15.7 Å². The van der Waals surface area contributed by atoms with Crippen LogP contribution < -0.4 is 16.5 Å². The van der Waals surface area contributed by atoms with E-state index in [1.807, 2.05) is 0 Å². The normalized spacial score (nSPS) is 17.7. The van der Waals surface area contributed by atoms with Crippen molar-refractivity contribution in [2.24, 2.45) is 10.9 Å². The van der Waals surface area contributed by atoms with Crippen LogP contribution in [0.15, 0.2) is 59.7 Å². The van der Waals surface area contributed by atoms with Crippen molar-refractivity contribution < 1.29 is 34.2 Å². The van der Waals surface area contributed by atoms with Gasteiger partial charge < -0.3 is 26.7 Å². The molecule has 2 atom stereocenters. The maximum atomic E-state index is 13.0. The lowest BCUT2D eigenvalue weighted by Crippen LogP contribution is -2.44. The third kappa shape index (κ3) is 7.13. The van der Waals surface area contributed by atoms with Gasteiger partial charge in [-0.2, -0.15) is 5.10 Å². The maximum Gasteiger partial charge on any atom is 0.325 e. The highest BCUT2D eigenvalue weighted by Crippen LogP contribution is 2.29. The second kappa shape index (κ2) is 12.1. The zero-order chi connectivity index (χ0) is 26.9. The number of carboxylic acid groups (broad SMARTS) is 2. The quantitative estimate of drug-likeness (QED) is 0.155. The van der Waals surface area contributed by atoms with Crippen LogP contribution in [0.3, 0.4) is 0 Å². The van der Waals surface area contributed by atoms with Gasteiger partial charge in [-0.25, -0.2) is 4.79 Å². The minimum absolute atomic E-state index is 0.341. The van der Waals surface area contributed by atoms with Crippen molar-refractivity contribution in [3.05, 3.63) is 71.3 Å². The molecule has 12 nitrogen and oxygen atoms in total. The number of carbonyl (C=O) groups excluding carboxylic acids is 3. The Morgan fingerprint density at radius 2 is 1.69 bits per heavy atom. The van der Waals surface area contributed by atoms with E-state index < -0.39 is 47.9 Å². The predicted molar refractivity (Wildman–Crippen MR) is 129 cm³/mol. The molecule has 2 aromatic carbocycles. The third-order valence-corrected chi connectivity index (χ3v) is 5.20. The number of imide groups is 1. The topological polar surface area (TPSA) is 191 Å². The van der Waals surface area contributed by atoms with E-state index in [9.17, 15) is 24.3 Å². The lowest BCUT2D eigenvalue weighted by Gasteiger charge is -2.23. The fraction of sp³-hybridized carbons (Fsp3) is 0.250. The highest BCUT2D eigenvalue weighted by atomic mass is 16.4. The van der Waals surface area contributed by atoms with Gasteiger partial charge in [0.1, 0.15) is 12.1 Å². The highest BCUT2D eigenvalue weighted by molar-refractivity contribution is 6.09. The molecule has 1 aliphatic rings. The Morgan fingerprint density at radius 3 is 2.22 bits per heavy atom. The molecule has 4 amide bonds. The molecule has 0 aliphatic carbocycles. The summed E-state index contributed by atoms with van der Waals surface area (Å²) in [6.07, 6.45) is 1.10. The van der Waals surface area contributed by atoms with Gasteiger partial charge in [-0.1, -0.05) is 54.6 Å². The van der Waals surface area contributed by atoms with Crippen LogP contribution in [0.25, 0.3) is 0 Å². The molecule has 190 valence electrons. The van der Waals surface area contributed by atoms with Gasteiger partial charge in [0.15, 0.2) is 0 Å². The highest BCUT2D eigenvalue weighted by Gasteiger charge is 2.49. The Bertz CT molecular complexity index is 1150. The number of hydrogen-bond acceptors (Lipinski definition) is 7. The first kappa shape index (κ1) is 27.5. The van der Waals surface area contributed by atoms with Gasteiger partial charge in [0, 0.05) is 6.92 Å². The SMILES string of the molecule is CC(=O)O.C[C@@]1(c2ccc(C=NN)cc2)NC(=O)N(CC(=O)N[C@@H](CC(=O)O)c2ccccc2)C1=O. The molecule has 6 N–H and O–H groups in total. The summed E-state index contributed by atoms with van der Waals surface area (Å²) in [6, 6.07) is 13.8. The lowest BCUT2D eigenvalue weighted by molar-refractivity contribution is -0.138. The van der Waals surface area contributed by atoms with Crippen LogP contribution in [0.5, 0.6) is 0 Å². The summed E-state index contributed by atoms with van der Waals surface area (Å²) in [7, 11) is 0. The molecule has 0 saturated carbocycles. The Labute approximate surface area is 206 Å². The fourth-order valence-corrected chi connectivity index (χ4v) is 3.52. The lowest BCUT2D eigenvalue weighted by atomic mass is 9.91. The number of amides is 4. The number of carboxylic acids is 2. The zero-order valence-electron chi connectivity index (χ0n) is 19.7. The molecule has 0 bridgehead atoms. The summed E-state index contributed by atoms with van der Waals surface area (Å²) in [5, 5.41) is 25.3. The predicted octanol–water partition coefficient (Wildman–Crippen LogP) is 1.17. The number of nitrogens with one attached hydrogen (secondary N) is 2. The van der Waals surface area contributed by atoms with Gasteiger partial charge >= 0.3 is 12.0 Å². The Morgan fingerprint density at radius 1 is 1.11 bits per heavy atom. The van der Waals surface area contributed by atoms with Crippen molar-refractivity contribution >= 4 is 36.0 Å². The molecule has 1 heterocycles. The minimum atomic E-state index is -1.35. The van der Waals surface area contributed by atoms with E-state index in [1.54, 1.807) is 61.5 Å². The van der Waals surface area contributed by atoms with E-state index in [0.29, 0.717) is 11.1 Å². The monoisotopic (exact) mass is 497 g/mol. The maximum absolute atomic E-state index is 13.0. The van der Waals surface area contributed by atoms with Crippen molar-refractivity contribution in [2.75, 3.05) is 6.54 Å². The summed E-state index contributed by atoms with van der Waals surface area (Å²) in [4.78, 5) is 59.2. The molecule has 0 unspecified atom stereocenters. The van der Waals surface area contributed by atoms with Gasteiger partial charge in [0.2, 0.25) is 5.91 Å². The van der Waals surface area contributed by atoms with E-state index in [0.717, 1.165) is 17.4 Å². The number of aliphatic carboxylic acids is 2. The number of rotatable bonds is 8. The number of benzene rings is 2. The van der Waals surface area contributed by atoms with E-state index in [2.05, 4.69) is 15.7 Å². The van der Waals surface area contributed by atoms with Gasteiger partial charge in [-0.05, 0) is 23.6 Å².